The molecule has 0 bridgehead atoms. The Kier molecular flexibility index (Phi) is 6.18. The predicted octanol–water partition coefficient (Wildman–Crippen LogP) is 4.44. The highest BCUT2D eigenvalue weighted by atomic mass is 32.2. The van der Waals surface area contributed by atoms with Crippen molar-refractivity contribution in [3.63, 3.8) is 0 Å². The van der Waals surface area contributed by atoms with Crippen LogP contribution in [0.2, 0.25) is 0 Å². The van der Waals surface area contributed by atoms with Gasteiger partial charge in [0, 0.05) is 30.8 Å². The van der Waals surface area contributed by atoms with Gasteiger partial charge in [0.15, 0.2) is 0 Å². The second-order valence-corrected chi connectivity index (χ2v) is 11.5. The van der Waals surface area contributed by atoms with Crippen LogP contribution in [0.15, 0.2) is 71.9 Å². The molecule has 0 unspecified atom stereocenters. The van der Waals surface area contributed by atoms with Gasteiger partial charge < -0.3 is 14.6 Å². The van der Waals surface area contributed by atoms with E-state index in [4.69, 9.17) is 4.74 Å². The fraction of sp³-hybridized carbons (Fsp3) is 0.286. The molecular weight excluding hydrogens is 488 g/mol. The van der Waals surface area contributed by atoms with E-state index in [-0.39, 0.29) is 10.8 Å². The van der Waals surface area contributed by atoms with Gasteiger partial charge in [0.1, 0.15) is 12.4 Å². The van der Waals surface area contributed by atoms with Crippen molar-refractivity contribution < 1.29 is 17.9 Å². The van der Waals surface area contributed by atoms with E-state index in [1.54, 1.807) is 35.5 Å². The Hall–Kier alpha value is -3.69. The number of sulfonamides is 1. The first-order valence-electron chi connectivity index (χ1n) is 12.6. The Balaban J connectivity index is 1.22. The number of nitrogens with zero attached hydrogens (tertiary/aromatic N) is 3. The van der Waals surface area contributed by atoms with E-state index in [0.29, 0.717) is 38.3 Å². The third kappa shape index (κ3) is 4.60. The predicted molar refractivity (Wildman–Crippen MR) is 141 cm³/mol. The van der Waals surface area contributed by atoms with Crippen molar-refractivity contribution >= 4 is 27.0 Å². The standard InChI is InChI=1S/C28H28N4O4S/c33-28(20-4-8-24(9-5-20)37(34,35)32-12-2-1-3-13-32)31-14-15-36-27-11-7-21(16-23(27)18-31)22-6-10-25-26(17-22)30-19-29-25/h4-11,16-17,19H,1-3,12-15,18H2,(H,29,30). The smallest absolute Gasteiger partial charge is 0.254 e. The molecule has 190 valence electrons. The molecule has 6 rings (SSSR count). The zero-order chi connectivity index (χ0) is 25.4. The molecule has 0 saturated carbocycles. The lowest BCUT2D eigenvalue weighted by Gasteiger charge is -2.26. The monoisotopic (exact) mass is 516 g/mol. The van der Waals surface area contributed by atoms with Crippen LogP contribution < -0.4 is 4.74 Å². The lowest BCUT2D eigenvalue weighted by molar-refractivity contribution is 0.0733. The van der Waals surface area contributed by atoms with Gasteiger partial charge in [0.25, 0.3) is 5.91 Å². The van der Waals surface area contributed by atoms with Crippen LogP contribution in [0.4, 0.5) is 0 Å². The number of carbonyl (C=O) groups is 1. The van der Waals surface area contributed by atoms with E-state index in [2.05, 4.69) is 22.1 Å². The molecule has 0 aliphatic carbocycles. The van der Waals surface area contributed by atoms with Gasteiger partial charge in [-0.05, 0) is 72.5 Å². The summed E-state index contributed by atoms with van der Waals surface area (Å²) in [4.78, 5) is 22.8. The second kappa shape index (κ2) is 9.64. The fourth-order valence-corrected chi connectivity index (χ4v) is 6.59. The highest BCUT2D eigenvalue weighted by molar-refractivity contribution is 7.89. The molecule has 1 fully saturated rings. The maximum Gasteiger partial charge on any atom is 0.254 e. The second-order valence-electron chi connectivity index (χ2n) is 9.52. The lowest BCUT2D eigenvalue weighted by Crippen LogP contribution is -2.35. The van der Waals surface area contributed by atoms with Crippen LogP contribution in [-0.2, 0) is 16.6 Å². The van der Waals surface area contributed by atoms with Crippen LogP contribution in [0.25, 0.3) is 22.2 Å². The van der Waals surface area contributed by atoms with Gasteiger partial charge in [0.2, 0.25) is 10.0 Å². The molecule has 37 heavy (non-hydrogen) atoms. The number of ether oxygens (including phenoxy) is 1. The molecule has 0 atom stereocenters. The molecule has 3 aromatic carbocycles. The highest BCUT2D eigenvalue weighted by Gasteiger charge is 2.27. The quantitative estimate of drug-likeness (QED) is 0.433. The summed E-state index contributed by atoms with van der Waals surface area (Å²) in [6.45, 7) is 2.33. The van der Waals surface area contributed by atoms with Crippen LogP contribution >= 0.6 is 0 Å². The number of H-pyrrole nitrogens is 1. The first-order chi connectivity index (χ1) is 18.0. The molecule has 2 aliphatic rings. The van der Waals surface area contributed by atoms with Crippen LogP contribution in [0, 0.1) is 0 Å². The summed E-state index contributed by atoms with van der Waals surface area (Å²) in [6, 6.07) is 18.4. The van der Waals surface area contributed by atoms with Crippen molar-refractivity contribution in [2.24, 2.45) is 0 Å². The topological polar surface area (TPSA) is 95.6 Å². The molecule has 0 radical (unpaired) electrons. The minimum absolute atomic E-state index is 0.150. The number of piperidine rings is 1. The average Bonchev–Trinajstić information content (AvgIpc) is 3.31. The van der Waals surface area contributed by atoms with E-state index in [0.717, 1.165) is 52.7 Å². The zero-order valence-corrected chi connectivity index (χ0v) is 21.2. The summed E-state index contributed by atoms with van der Waals surface area (Å²) in [6.07, 6.45) is 4.50. The number of hydrogen-bond donors (Lipinski definition) is 1. The number of aromatic nitrogens is 2. The van der Waals surface area contributed by atoms with Crippen molar-refractivity contribution in [3.05, 3.63) is 78.1 Å². The van der Waals surface area contributed by atoms with Crippen LogP contribution in [0.1, 0.15) is 35.2 Å². The molecule has 1 saturated heterocycles. The summed E-state index contributed by atoms with van der Waals surface area (Å²) in [5.41, 5.74) is 5.34. The molecule has 9 heteroatoms. The van der Waals surface area contributed by atoms with Crippen LogP contribution in [0.5, 0.6) is 5.75 Å². The van der Waals surface area contributed by atoms with Gasteiger partial charge >= 0.3 is 0 Å². The van der Waals surface area contributed by atoms with Gasteiger partial charge in [-0.3, -0.25) is 4.79 Å². The Labute approximate surface area is 215 Å². The Bertz CT molecular complexity index is 1560. The third-order valence-corrected chi connectivity index (χ3v) is 9.05. The SMILES string of the molecule is O=C(c1ccc(S(=O)(=O)N2CCCCC2)cc1)N1CCOc2ccc(-c3ccc4nc[nH]c4c3)cc2C1. The third-order valence-electron chi connectivity index (χ3n) is 7.14. The van der Waals surface area contributed by atoms with Crippen LogP contribution in [-0.4, -0.2) is 59.7 Å². The maximum absolute atomic E-state index is 13.4. The first kappa shape index (κ1) is 23.7. The fourth-order valence-electron chi connectivity index (χ4n) is 5.07. The van der Waals surface area contributed by atoms with Gasteiger partial charge in [-0.25, -0.2) is 13.4 Å². The Morgan fingerprint density at radius 3 is 2.46 bits per heavy atom. The zero-order valence-electron chi connectivity index (χ0n) is 20.4. The van der Waals surface area contributed by atoms with Crippen molar-refractivity contribution in [1.29, 1.82) is 0 Å². The summed E-state index contributed by atoms with van der Waals surface area (Å²) < 4.78 is 33.4. The number of hydrogen-bond acceptors (Lipinski definition) is 5. The van der Waals surface area contributed by atoms with Crippen LogP contribution in [0.3, 0.4) is 0 Å². The number of aromatic amines is 1. The summed E-state index contributed by atoms with van der Waals surface area (Å²) in [5.74, 6) is 0.618. The maximum atomic E-state index is 13.4. The summed E-state index contributed by atoms with van der Waals surface area (Å²) in [5, 5.41) is 0. The molecule has 0 spiro atoms. The van der Waals surface area contributed by atoms with E-state index < -0.39 is 10.0 Å². The van der Waals surface area contributed by atoms with Gasteiger partial charge in [0.05, 0.1) is 28.8 Å². The van der Waals surface area contributed by atoms with Crippen molar-refractivity contribution in [1.82, 2.24) is 19.2 Å². The number of fused-ring (bicyclic) bond motifs is 2. The van der Waals surface area contributed by atoms with E-state index in [9.17, 15) is 13.2 Å². The number of benzene rings is 3. The Morgan fingerprint density at radius 1 is 0.892 bits per heavy atom. The normalized spacial score (nSPS) is 16.7. The highest BCUT2D eigenvalue weighted by Crippen LogP contribution is 2.31. The van der Waals surface area contributed by atoms with Gasteiger partial charge in [-0.15, -0.1) is 0 Å². The molecule has 3 heterocycles. The summed E-state index contributed by atoms with van der Waals surface area (Å²) >= 11 is 0. The Morgan fingerprint density at radius 2 is 1.65 bits per heavy atom. The van der Waals surface area contributed by atoms with E-state index in [1.807, 2.05) is 24.3 Å². The first-order valence-corrected chi connectivity index (χ1v) is 14.0. The molecule has 8 nitrogen and oxygen atoms in total. The van der Waals surface area contributed by atoms with Gasteiger partial charge in [-0.1, -0.05) is 18.6 Å². The molecule has 4 aromatic rings. The molecular formula is C28H28N4O4S. The minimum atomic E-state index is -3.53. The summed E-state index contributed by atoms with van der Waals surface area (Å²) in [7, 11) is -3.53. The van der Waals surface area contributed by atoms with Crippen molar-refractivity contribution in [2.75, 3.05) is 26.2 Å². The molecule has 1 aromatic heterocycles. The van der Waals surface area contributed by atoms with E-state index in [1.165, 1.54) is 4.31 Å². The number of amides is 1. The number of imidazole rings is 1. The molecule has 1 amide bonds. The average molecular weight is 517 g/mol. The largest absolute Gasteiger partial charge is 0.491 e. The number of nitrogens with one attached hydrogen (secondary N) is 1. The van der Waals surface area contributed by atoms with E-state index >= 15 is 0 Å². The lowest BCUT2D eigenvalue weighted by atomic mass is 10.0. The van der Waals surface area contributed by atoms with Crippen molar-refractivity contribution in [3.8, 4) is 16.9 Å². The molecule has 1 N–H and O–H groups in total. The number of carbonyl (C=O) groups excluding carboxylic acids is 1. The van der Waals surface area contributed by atoms with Gasteiger partial charge in [-0.2, -0.15) is 4.31 Å². The van der Waals surface area contributed by atoms with Crippen molar-refractivity contribution in [2.45, 2.75) is 30.7 Å². The number of rotatable bonds is 4. The minimum Gasteiger partial charge on any atom is -0.491 e. The molecule has 2 aliphatic heterocycles.